The molecule has 36 heavy (non-hydrogen) atoms. The molecule has 0 spiro atoms. The maximum Gasteiger partial charge on any atom is 0.336 e. The number of carboxylic acid groups (broad SMARTS) is 1. The van der Waals surface area contributed by atoms with Crippen molar-refractivity contribution in [1.29, 1.82) is 0 Å². The first-order valence-electron chi connectivity index (χ1n) is 12.2. The minimum Gasteiger partial charge on any atom is -0.478 e. The third-order valence-corrected chi connectivity index (χ3v) is 7.54. The SMILES string of the molecule is O=C(O)c1ccccc1C(=O)NCCCCSC1=NN=C2c3ccccc3N[C@H]2N1C[C@@H]1CCCO1. The number of thioether (sulfide) groups is 1. The highest BCUT2D eigenvalue weighted by Crippen LogP contribution is 2.32. The summed E-state index contributed by atoms with van der Waals surface area (Å²) in [5.74, 6) is -0.648. The molecule has 0 unspecified atom stereocenters. The van der Waals surface area contributed by atoms with Crippen LogP contribution >= 0.6 is 11.8 Å². The van der Waals surface area contributed by atoms with Gasteiger partial charge < -0.3 is 25.4 Å². The van der Waals surface area contributed by atoms with Gasteiger partial charge in [0.05, 0.1) is 17.2 Å². The number of rotatable bonds is 9. The van der Waals surface area contributed by atoms with Gasteiger partial charge in [0.1, 0.15) is 11.9 Å². The number of nitrogens with zero attached hydrogens (tertiary/aromatic N) is 3. The second kappa shape index (κ2) is 11.1. The van der Waals surface area contributed by atoms with E-state index in [1.165, 1.54) is 12.1 Å². The number of aromatic carboxylic acids is 1. The number of benzene rings is 2. The van der Waals surface area contributed by atoms with E-state index in [2.05, 4.69) is 37.9 Å². The number of hydrogen-bond donors (Lipinski definition) is 3. The minimum absolute atomic E-state index is 0.00907. The Hall–Kier alpha value is -3.37. The predicted octanol–water partition coefficient (Wildman–Crippen LogP) is 3.63. The van der Waals surface area contributed by atoms with E-state index < -0.39 is 5.97 Å². The largest absolute Gasteiger partial charge is 0.478 e. The smallest absolute Gasteiger partial charge is 0.336 e. The van der Waals surface area contributed by atoms with Crippen molar-refractivity contribution in [1.82, 2.24) is 10.2 Å². The molecule has 3 heterocycles. The molecule has 2 atom stereocenters. The van der Waals surface area contributed by atoms with Gasteiger partial charge in [0.2, 0.25) is 0 Å². The van der Waals surface area contributed by atoms with Crippen LogP contribution in [0.4, 0.5) is 5.69 Å². The number of carbonyl (C=O) groups is 2. The Kier molecular flexibility index (Phi) is 7.52. The average Bonchev–Trinajstić information content (AvgIpc) is 3.54. The summed E-state index contributed by atoms with van der Waals surface area (Å²) in [5, 5.41) is 25.7. The van der Waals surface area contributed by atoms with Crippen LogP contribution < -0.4 is 10.6 Å². The molecule has 10 heteroatoms. The van der Waals surface area contributed by atoms with Crippen molar-refractivity contribution in [2.75, 3.05) is 30.8 Å². The van der Waals surface area contributed by atoms with Crippen LogP contribution in [-0.2, 0) is 4.74 Å². The monoisotopic (exact) mass is 507 g/mol. The van der Waals surface area contributed by atoms with Crippen LogP contribution in [-0.4, -0.2) is 70.5 Å². The molecule has 1 saturated heterocycles. The highest BCUT2D eigenvalue weighted by molar-refractivity contribution is 8.13. The fraction of sp³-hybridized carbons (Fsp3) is 0.385. The van der Waals surface area contributed by atoms with E-state index in [1.54, 1.807) is 23.9 Å². The number of unbranched alkanes of at least 4 members (excludes halogenated alkanes) is 1. The van der Waals surface area contributed by atoms with Gasteiger partial charge in [0.25, 0.3) is 5.91 Å². The molecule has 9 nitrogen and oxygen atoms in total. The van der Waals surface area contributed by atoms with Crippen molar-refractivity contribution >= 4 is 40.2 Å². The molecule has 1 fully saturated rings. The van der Waals surface area contributed by atoms with E-state index in [-0.39, 0.29) is 29.3 Å². The van der Waals surface area contributed by atoms with Crippen molar-refractivity contribution < 1.29 is 19.4 Å². The maximum absolute atomic E-state index is 12.4. The van der Waals surface area contributed by atoms with Crippen LogP contribution in [0.25, 0.3) is 0 Å². The van der Waals surface area contributed by atoms with Gasteiger partial charge in [-0.3, -0.25) is 4.79 Å². The molecule has 0 radical (unpaired) electrons. The normalized spacial score (nSPS) is 20.2. The van der Waals surface area contributed by atoms with E-state index in [1.807, 2.05) is 12.1 Å². The van der Waals surface area contributed by atoms with Crippen LogP contribution in [0.3, 0.4) is 0 Å². The van der Waals surface area contributed by atoms with E-state index in [0.29, 0.717) is 6.54 Å². The molecule has 2 aromatic carbocycles. The number of ether oxygens (including phenoxy) is 1. The third-order valence-electron chi connectivity index (χ3n) is 6.47. The van der Waals surface area contributed by atoms with E-state index >= 15 is 0 Å². The Morgan fingerprint density at radius 3 is 2.72 bits per heavy atom. The van der Waals surface area contributed by atoms with Gasteiger partial charge in [-0.05, 0) is 43.9 Å². The van der Waals surface area contributed by atoms with Crippen molar-refractivity contribution in [3.8, 4) is 0 Å². The van der Waals surface area contributed by atoms with Crippen LogP contribution in [0.1, 0.15) is 52.0 Å². The van der Waals surface area contributed by atoms with Gasteiger partial charge in [-0.25, -0.2) is 4.79 Å². The lowest BCUT2D eigenvalue weighted by Gasteiger charge is -2.35. The number of anilines is 1. The van der Waals surface area contributed by atoms with Crippen molar-refractivity contribution in [2.45, 2.75) is 38.0 Å². The third kappa shape index (κ3) is 5.24. The minimum atomic E-state index is -1.11. The fourth-order valence-electron chi connectivity index (χ4n) is 4.65. The summed E-state index contributed by atoms with van der Waals surface area (Å²) in [6, 6.07) is 14.4. The van der Waals surface area contributed by atoms with Gasteiger partial charge in [0.15, 0.2) is 5.17 Å². The van der Waals surface area contributed by atoms with Crippen LogP contribution in [0.15, 0.2) is 58.7 Å². The Morgan fingerprint density at radius 1 is 1.11 bits per heavy atom. The number of nitrogens with one attached hydrogen (secondary N) is 2. The van der Waals surface area contributed by atoms with Gasteiger partial charge >= 0.3 is 5.97 Å². The van der Waals surface area contributed by atoms with Crippen LogP contribution in [0, 0.1) is 0 Å². The summed E-state index contributed by atoms with van der Waals surface area (Å²) in [4.78, 5) is 26.0. The maximum atomic E-state index is 12.4. The van der Waals surface area contributed by atoms with E-state index in [4.69, 9.17) is 4.74 Å². The first-order chi connectivity index (χ1) is 17.6. The summed E-state index contributed by atoms with van der Waals surface area (Å²) in [7, 11) is 0. The summed E-state index contributed by atoms with van der Waals surface area (Å²) < 4.78 is 5.92. The highest BCUT2D eigenvalue weighted by Gasteiger charge is 2.38. The lowest BCUT2D eigenvalue weighted by molar-refractivity contribution is 0.0691. The van der Waals surface area contributed by atoms with Crippen LogP contribution in [0.2, 0.25) is 0 Å². The predicted molar refractivity (Wildman–Crippen MR) is 141 cm³/mol. The molecule has 0 bridgehead atoms. The molecular weight excluding hydrogens is 478 g/mol. The van der Waals surface area contributed by atoms with Gasteiger partial charge in [-0.1, -0.05) is 42.1 Å². The average molecular weight is 508 g/mol. The Morgan fingerprint density at radius 2 is 1.92 bits per heavy atom. The highest BCUT2D eigenvalue weighted by atomic mass is 32.2. The fourth-order valence-corrected chi connectivity index (χ4v) is 5.63. The van der Waals surface area contributed by atoms with Gasteiger partial charge in [-0.2, -0.15) is 0 Å². The molecule has 3 N–H and O–H groups in total. The van der Waals surface area contributed by atoms with E-state index in [9.17, 15) is 14.7 Å². The second-order valence-electron chi connectivity index (χ2n) is 8.91. The number of fused-ring (bicyclic) bond motifs is 3. The summed E-state index contributed by atoms with van der Waals surface area (Å²) >= 11 is 1.66. The number of hydrogen-bond acceptors (Lipinski definition) is 8. The number of amidine groups is 1. The van der Waals surface area contributed by atoms with Crippen LogP contribution in [0.5, 0.6) is 0 Å². The molecule has 1 amide bonds. The van der Waals surface area contributed by atoms with Crippen molar-refractivity contribution in [2.24, 2.45) is 10.2 Å². The number of carboxylic acids is 1. The Labute approximate surface area is 214 Å². The summed E-state index contributed by atoms with van der Waals surface area (Å²) in [6.07, 6.45) is 3.90. The summed E-state index contributed by atoms with van der Waals surface area (Å²) in [6.45, 7) is 2.04. The zero-order chi connectivity index (χ0) is 24.9. The first-order valence-corrected chi connectivity index (χ1v) is 13.2. The van der Waals surface area contributed by atoms with Gasteiger partial charge in [-0.15, -0.1) is 10.2 Å². The number of carbonyl (C=O) groups excluding carboxylic acids is 1. The molecule has 0 aliphatic carbocycles. The molecule has 2 aromatic rings. The van der Waals surface area contributed by atoms with Gasteiger partial charge in [0, 0.05) is 36.7 Å². The molecular formula is C26H29N5O4S. The second-order valence-corrected chi connectivity index (χ2v) is 9.97. The molecule has 3 aliphatic heterocycles. The zero-order valence-electron chi connectivity index (χ0n) is 19.9. The molecule has 0 aromatic heterocycles. The topological polar surface area (TPSA) is 116 Å². The molecule has 3 aliphatic rings. The Bertz CT molecular complexity index is 1190. The molecule has 188 valence electrons. The summed E-state index contributed by atoms with van der Waals surface area (Å²) in [5.41, 5.74) is 3.29. The number of amides is 1. The molecule has 0 saturated carbocycles. The lowest BCUT2D eigenvalue weighted by Crippen LogP contribution is -2.50. The van der Waals surface area contributed by atoms with Crippen molar-refractivity contribution in [3.63, 3.8) is 0 Å². The first kappa shape index (κ1) is 24.3. The van der Waals surface area contributed by atoms with E-state index in [0.717, 1.165) is 66.7 Å². The number of para-hydroxylation sites is 1. The standard InChI is InChI=1S/C26H29N5O4S/c32-24(18-9-1-2-10-19(18)25(33)34)27-13-5-6-15-36-26-30-29-22-20-11-3-4-12-21(20)28-23(22)31(26)16-17-8-7-14-35-17/h1-4,9-12,17,23,28H,5-8,13-16H2,(H,27,32)(H,33,34)/t17-,23-/m0/s1. The lowest BCUT2D eigenvalue weighted by atomic mass is 10.1. The zero-order valence-corrected chi connectivity index (χ0v) is 20.7. The quantitative estimate of drug-likeness (QED) is 0.444. The Balaban J connectivity index is 1.15. The molecule has 5 rings (SSSR count). The van der Waals surface area contributed by atoms with Crippen molar-refractivity contribution in [3.05, 3.63) is 65.2 Å².